The van der Waals surface area contributed by atoms with Gasteiger partial charge < -0.3 is 14.9 Å². The summed E-state index contributed by atoms with van der Waals surface area (Å²) in [6.07, 6.45) is 1.75. The molecule has 1 aromatic carbocycles. The van der Waals surface area contributed by atoms with E-state index in [0.29, 0.717) is 13.1 Å². The van der Waals surface area contributed by atoms with Crippen molar-refractivity contribution in [1.82, 2.24) is 9.80 Å². The summed E-state index contributed by atoms with van der Waals surface area (Å²) in [4.78, 5) is 39.7. The molecule has 0 aromatic heterocycles. The van der Waals surface area contributed by atoms with Gasteiger partial charge >= 0.3 is 5.97 Å². The highest BCUT2D eigenvalue weighted by molar-refractivity contribution is 5.90. The summed E-state index contributed by atoms with van der Waals surface area (Å²) in [5.41, 5.74) is 1.05. The molecule has 2 amide bonds. The van der Waals surface area contributed by atoms with E-state index < -0.39 is 5.97 Å². The number of benzene rings is 1. The number of carbonyl (C=O) groups is 3. The van der Waals surface area contributed by atoms with Gasteiger partial charge in [-0.2, -0.15) is 0 Å². The third-order valence-electron chi connectivity index (χ3n) is 5.33. The molecule has 2 heterocycles. The van der Waals surface area contributed by atoms with Crippen molar-refractivity contribution in [3.05, 3.63) is 35.9 Å². The molecule has 6 heteroatoms. The summed E-state index contributed by atoms with van der Waals surface area (Å²) >= 11 is 0. The fourth-order valence-corrected chi connectivity index (χ4v) is 3.96. The van der Waals surface area contributed by atoms with Crippen LogP contribution in [0.2, 0.25) is 0 Å². The molecule has 0 radical (unpaired) electrons. The van der Waals surface area contributed by atoms with Gasteiger partial charge in [-0.1, -0.05) is 30.3 Å². The molecule has 25 heavy (non-hydrogen) atoms. The molecule has 2 aliphatic rings. The SMILES string of the molecule is CC(c1ccccc1)N1CC(C(=O)N2CCCC2CC(=O)O)CC1=O. The Morgan fingerprint density at radius 3 is 2.68 bits per heavy atom. The Kier molecular flexibility index (Phi) is 5.06. The first-order valence-corrected chi connectivity index (χ1v) is 8.84. The van der Waals surface area contributed by atoms with Gasteiger partial charge in [0.15, 0.2) is 0 Å². The lowest BCUT2D eigenvalue weighted by Gasteiger charge is -2.28. The molecule has 0 bridgehead atoms. The molecular weight excluding hydrogens is 320 g/mol. The second-order valence-corrected chi connectivity index (χ2v) is 6.96. The summed E-state index contributed by atoms with van der Waals surface area (Å²) in [6, 6.07) is 9.48. The Morgan fingerprint density at radius 2 is 2.00 bits per heavy atom. The van der Waals surface area contributed by atoms with E-state index in [2.05, 4.69) is 0 Å². The van der Waals surface area contributed by atoms with Crippen molar-refractivity contribution in [2.45, 2.75) is 44.7 Å². The van der Waals surface area contributed by atoms with Gasteiger partial charge in [0.05, 0.1) is 18.4 Å². The summed E-state index contributed by atoms with van der Waals surface area (Å²) in [7, 11) is 0. The van der Waals surface area contributed by atoms with Gasteiger partial charge in [-0.25, -0.2) is 0 Å². The lowest BCUT2D eigenvalue weighted by molar-refractivity contribution is -0.141. The van der Waals surface area contributed by atoms with Crippen LogP contribution in [0.1, 0.15) is 44.2 Å². The Bertz CT molecular complexity index is 661. The van der Waals surface area contributed by atoms with Crippen LogP contribution < -0.4 is 0 Å². The van der Waals surface area contributed by atoms with Crippen molar-refractivity contribution in [1.29, 1.82) is 0 Å². The van der Waals surface area contributed by atoms with Crippen molar-refractivity contribution < 1.29 is 19.5 Å². The number of likely N-dealkylation sites (tertiary alicyclic amines) is 2. The average molecular weight is 344 g/mol. The van der Waals surface area contributed by atoms with Gasteiger partial charge in [0.25, 0.3) is 0 Å². The molecule has 2 saturated heterocycles. The smallest absolute Gasteiger partial charge is 0.305 e. The molecule has 2 aliphatic heterocycles. The molecule has 1 N–H and O–H groups in total. The van der Waals surface area contributed by atoms with Crippen LogP contribution in [0.4, 0.5) is 0 Å². The lowest BCUT2D eigenvalue weighted by atomic mass is 10.1. The van der Waals surface area contributed by atoms with E-state index in [9.17, 15) is 14.4 Å². The fourth-order valence-electron chi connectivity index (χ4n) is 3.96. The van der Waals surface area contributed by atoms with E-state index in [1.165, 1.54) is 0 Å². The summed E-state index contributed by atoms with van der Waals surface area (Å²) in [6.45, 7) is 2.98. The molecule has 3 unspecified atom stereocenters. The highest BCUT2D eigenvalue weighted by Crippen LogP contribution is 2.31. The molecule has 0 saturated carbocycles. The maximum absolute atomic E-state index is 12.8. The van der Waals surface area contributed by atoms with E-state index in [4.69, 9.17) is 5.11 Å². The monoisotopic (exact) mass is 344 g/mol. The first kappa shape index (κ1) is 17.5. The van der Waals surface area contributed by atoms with Gasteiger partial charge in [0.2, 0.25) is 11.8 Å². The average Bonchev–Trinajstić information content (AvgIpc) is 3.20. The predicted molar refractivity (Wildman–Crippen MR) is 91.7 cm³/mol. The zero-order chi connectivity index (χ0) is 18.0. The predicted octanol–water partition coefficient (Wildman–Crippen LogP) is 2.06. The number of carbonyl (C=O) groups excluding carboxylic acids is 2. The van der Waals surface area contributed by atoms with Crippen molar-refractivity contribution in [3.8, 4) is 0 Å². The standard InChI is InChI=1S/C19H24N2O4/c1-13(14-6-3-2-4-7-14)21-12-15(10-17(21)22)19(25)20-9-5-8-16(20)11-18(23)24/h2-4,6-7,13,15-16H,5,8-12H2,1H3,(H,23,24). The number of hydrogen-bond acceptors (Lipinski definition) is 3. The Labute approximate surface area is 147 Å². The number of aliphatic carboxylic acids is 1. The molecule has 0 spiro atoms. The van der Waals surface area contributed by atoms with E-state index in [0.717, 1.165) is 18.4 Å². The number of carboxylic acid groups (broad SMARTS) is 1. The van der Waals surface area contributed by atoms with Gasteiger partial charge in [0.1, 0.15) is 0 Å². The van der Waals surface area contributed by atoms with Crippen LogP contribution in [0.5, 0.6) is 0 Å². The minimum Gasteiger partial charge on any atom is -0.481 e. The van der Waals surface area contributed by atoms with Crippen LogP contribution in [-0.2, 0) is 14.4 Å². The molecule has 1 aromatic rings. The second-order valence-electron chi connectivity index (χ2n) is 6.96. The van der Waals surface area contributed by atoms with Gasteiger partial charge in [-0.05, 0) is 25.3 Å². The molecule has 3 atom stereocenters. The molecule has 6 nitrogen and oxygen atoms in total. The molecule has 2 fully saturated rings. The number of rotatable bonds is 5. The highest BCUT2D eigenvalue weighted by Gasteiger charge is 2.41. The van der Waals surface area contributed by atoms with E-state index in [1.807, 2.05) is 37.3 Å². The number of nitrogens with zero attached hydrogens (tertiary/aromatic N) is 2. The molecular formula is C19H24N2O4. The van der Waals surface area contributed by atoms with E-state index >= 15 is 0 Å². The third-order valence-corrected chi connectivity index (χ3v) is 5.33. The minimum atomic E-state index is -0.883. The second kappa shape index (κ2) is 7.25. The third kappa shape index (κ3) is 3.67. The van der Waals surface area contributed by atoms with Crippen LogP contribution in [0.15, 0.2) is 30.3 Å². The van der Waals surface area contributed by atoms with Crippen LogP contribution in [-0.4, -0.2) is 51.8 Å². The number of amides is 2. The maximum Gasteiger partial charge on any atom is 0.305 e. The van der Waals surface area contributed by atoms with Crippen molar-refractivity contribution in [3.63, 3.8) is 0 Å². The quantitative estimate of drug-likeness (QED) is 0.887. The number of carboxylic acids is 1. The van der Waals surface area contributed by atoms with Gasteiger partial charge in [-0.15, -0.1) is 0 Å². The summed E-state index contributed by atoms with van der Waals surface area (Å²) in [5.74, 6) is -1.33. The number of hydrogen-bond donors (Lipinski definition) is 1. The van der Waals surface area contributed by atoms with Crippen LogP contribution in [0.25, 0.3) is 0 Å². The largest absolute Gasteiger partial charge is 0.481 e. The first-order valence-electron chi connectivity index (χ1n) is 8.84. The minimum absolute atomic E-state index is 0.0105. The Hall–Kier alpha value is -2.37. The summed E-state index contributed by atoms with van der Waals surface area (Å²) in [5, 5.41) is 9.02. The molecule has 0 aliphatic carbocycles. The highest BCUT2D eigenvalue weighted by atomic mass is 16.4. The van der Waals surface area contributed by atoms with Crippen molar-refractivity contribution in [2.24, 2.45) is 5.92 Å². The van der Waals surface area contributed by atoms with E-state index in [1.54, 1.807) is 9.80 Å². The molecule has 3 rings (SSSR count). The first-order chi connectivity index (χ1) is 12.0. The van der Waals surface area contributed by atoms with Crippen molar-refractivity contribution in [2.75, 3.05) is 13.1 Å². The summed E-state index contributed by atoms with van der Waals surface area (Å²) < 4.78 is 0. The normalized spacial score (nSPS) is 24.6. The van der Waals surface area contributed by atoms with Crippen molar-refractivity contribution >= 4 is 17.8 Å². The molecule has 134 valence electrons. The van der Waals surface area contributed by atoms with Crippen LogP contribution >= 0.6 is 0 Å². The lowest BCUT2D eigenvalue weighted by Crippen LogP contribution is -2.41. The van der Waals surface area contributed by atoms with Crippen LogP contribution in [0, 0.1) is 5.92 Å². The zero-order valence-electron chi connectivity index (χ0n) is 14.4. The zero-order valence-corrected chi connectivity index (χ0v) is 14.4. The topological polar surface area (TPSA) is 77.9 Å². The van der Waals surface area contributed by atoms with E-state index in [-0.39, 0.29) is 42.7 Å². The van der Waals surface area contributed by atoms with Gasteiger partial charge in [-0.3, -0.25) is 14.4 Å². The Balaban J connectivity index is 1.67. The van der Waals surface area contributed by atoms with Gasteiger partial charge in [0, 0.05) is 25.6 Å². The fraction of sp³-hybridized carbons (Fsp3) is 0.526. The van der Waals surface area contributed by atoms with Crippen LogP contribution in [0.3, 0.4) is 0 Å². The maximum atomic E-state index is 12.8. The Morgan fingerprint density at radius 1 is 1.28 bits per heavy atom.